The number of hydrogen-bond donors (Lipinski definition) is 2. The first kappa shape index (κ1) is 13.4. The summed E-state index contributed by atoms with van der Waals surface area (Å²) in [6.45, 7) is 1.23. The van der Waals surface area contributed by atoms with Crippen LogP contribution in [0.1, 0.15) is 51.4 Å². The third-order valence-corrected chi connectivity index (χ3v) is 5.94. The molecule has 1 saturated heterocycles. The molecule has 108 valence electrons. The van der Waals surface area contributed by atoms with Crippen molar-refractivity contribution in [1.82, 2.24) is 10.2 Å². The van der Waals surface area contributed by atoms with Crippen molar-refractivity contribution >= 4 is 5.91 Å². The van der Waals surface area contributed by atoms with Crippen LogP contribution < -0.4 is 11.1 Å². The zero-order valence-electron chi connectivity index (χ0n) is 12.0. The molecule has 0 radical (unpaired) electrons. The molecule has 0 bridgehead atoms. The number of hydrogen-bond acceptors (Lipinski definition) is 3. The molecule has 3 rings (SSSR count). The first-order valence-electron chi connectivity index (χ1n) is 7.91. The van der Waals surface area contributed by atoms with Crippen LogP contribution in [0, 0.1) is 5.92 Å². The van der Waals surface area contributed by atoms with Gasteiger partial charge in [-0.2, -0.15) is 0 Å². The highest BCUT2D eigenvalue weighted by molar-refractivity contribution is 5.85. The number of nitrogens with one attached hydrogen (secondary N) is 1. The Hall–Kier alpha value is -0.610. The van der Waals surface area contributed by atoms with Crippen LogP contribution >= 0.6 is 0 Å². The Morgan fingerprint density at radius 2 is 2.05 bits per heavy atom. The van der Waals surface area contributed by atoms with Gasteiger partial charge in [-0.05, 0) is 64.5 Å². The molecule has 0 aromatic rings. The van der Waals surface area contributed by atoms with Crippen molar-refractivity contribution in [2.75, 3.05) is 13.6 Å². The van der Waals surface area contributed by atoms with Crippen molar-refractivity contribution in [3.05, 3.63) is 0 Å². The van der Waals surface area contributed by atoms with E-state index in [1.165, 1.54) is 38.6 Å². The molecular formula is C15H27N3O. The summed E-state index contributed by atoms with van der Waals surface area (Å²) in [7, 11) is 1.88. The number of rotatable bonds is 3. The summed E-state index contributed by atoms with van der Waals surface area (Å²) in [6.07, 6.45) is 9.85. The van der Waals surface area contributed by atoms with Gasteiger partial charge in [0.15, 0.2) is 0 Å². The van der Waals surface area contributed by atoms with Crippen LogP contribution in [0.25, 0.3) is 0 Å². The third-order valence-electron chi connectivity index (χ3n) is 5.94. The van der Waals surface area contributed by atoms with Crippen molar-refractivity contribution in [1.29, 1.82) is 0 Å². The minimum Gasteiger partial charge on any atom is -0.368 e. The Morgan fingerprint density at radius 3 is 2.74 bits per heavy atom. The van der Waals surface area contributed by atoms with Gasteiger partial charge in [0, 0.05) is 12.1 Å². The molecule has 4 nitrogen and oxygen atoms in total. The number of fused-ring (bicyclic) bond motifs is 1. The number of likely N-dealkylation sites (N-methyl/N-ethyl adjacent to an activating group) is 1. The average Bonchev–Trinajstić information content (AvgIpc) is 3.05. The monoisotopic (exact) mass is 265 g/mol. The molecule has 3 fully saturated rings. The maximum atomic E-state index is 11.8. The van der Waals surface area contributed by atoms with Crippen LogP contribution in [0.2, 0.25) is 0 Å². The molecule has 3 N–H and O–H groups in total. The van der Waals surface area contributed by atoms with Crippen molar-refractivity contribution in [2.24, 2.45) is 11.7 Å². The van der Waals surface area contributed by atoms with Gasteiger partial charge in [0.2, 0.25) is 5.91 Å². The van der Waals surface area contributed by atoms with Crippen molar-refractivity contribution < 1.29 is 4.79 Å². The first-order chi connectivity index (χ1) is 9.16. The van der Waals surface area contributed by atoms with E-state index in [4.69, 9.17) is 5.73 Å². The molecule has 4 heteroatoms. The quantitative estimate of drug-likeness (QED) is 0.807. The van der Waals surface area contributed by atoms with Crippen LogP contribution in [0.4, 0.5) is 0 Å². The van der Waals surface area contributed by atoms with Crippen LogP contribution in [0.3, 0.4) is 0 Å². The molecule has 1 heterocycles. The second kappa shape index (κ2) is 5.06. The largest absolute Gasteiger partial charge is 0.368 e. The molecule has 2 aliphatic carbocycles. The average molecular weight is 265 g/mol. The standard InChI is InChI=1S/C15H27N3O/c1-17-15(14(16)19)8-7-12(10-15)18-9-3-5-11-4-2-6-13(11)18/h11-13,17H,2-10H2,1H3,(H2,16,19). The van der Waals surface area contributed by atoms with Crippen LogP contribution in [0.15, 0.2) is 0 Å². The second-order valence-corrected chi connectivity index (χ2v) is 6.73. The number of primary amides is 1. The lowest BCUT2D eigenvalue weighted by atomic mass is 9.89. The molecule has 1 amide bonds. The van der Waals surface area contributed by atoms with Crippen molar-refractivity contribution in [2.45, 2.75) is 69.0 Å². The van der Waals surface area contributed by atoms with E-state index in [1.54, 1.807) is 0 Å². The van der Waals surface area contributed by atoms with E-state index in [-0.39, 0.29) is 5.91 Å². The first-order valence-corrected chi connectivity index (χ1v) is 7.91. The van der Waals surface area contributed by atoms with Crippen LogP contribution in [0.5, 0.6) is 0 Å². The highest BCUT2D eigenvalue weighted by atomic mass is 16.1. The molecule has 19 heavy (non-hydrogen) atoms. The Kier molecular flexibility index (Phi) is 3.56. The van der Waals surface area contributed by atoms with Crippen molar-refractivity contribution in [3.63, 3.8) is 0 Å². The van der Waals surface area contributed by atoms with E-state index in [1.807, 2.05) is 7.05 Å². The Morgan fingerprint density at radius 1 is 1.26 bits per heavy atom. The lowest BCUT2D eigenvalue weighted by molar-refractivity contribution is -0.124. The lowest BCUT2D eigenvalue weighted by Crippen LogP contribution is -2.54. The van der Waals surface area contributed by atoms with E-state index in [9.17, 15) is 4.79 Å². The number of piperidine rings is 1. The fourth-order valence-corrected chi connectivity index (χ4v) is 4.82. The minimum absolute atomic E-state index is 0.169. The number of carbonyl (C=O) groups is 1. The smallest absolute Gasteiger partial charge is 0.237 e. The zero-order chi connectivity index (χ0) is 13.5. The van der Waals surface area contributed by atoms with Gasteiger partial charge in [0.05, 0.1) is 5.54 Å². The van der Waals surface area contributed by atoms with E-state index in [0.717, 1.165) is 31.2 Å². The Labute approximate surface area is 116 Å². The Balaban J connectivity index is 1.71. The molecule has 1 aliphatic heterocycles. The minimum atomic E-state index is -0.448. The van der Waals surface area contributed by atoms with E-state index in [0.29, 0.717) is 6.04 Å². The van der Waals surface area contributed by atoms with Gasteiger partial charge < -0.3 is 11.1 Å². The predicted octanol–water partition coefficient (Wildman–Crippen LogP) is 1.25. The number of nitrogens with zero attached hydrogens (tertiary/aromatic N) is 1. The second-order valence-electron chi connectivity index (χ2n) is 6.73. The summed E-state index contributed by atoms with van der Waals surface area (Å²) in [5, 5.41) is 3.20. The maximum absolute atomic E-state index is 11.8. The summed E-state index contributed by atoms with van der Waals surface area (Å²) in [5.74, 6) is 0.754. The van der Waals surface area contributed by atoms with Gasteiger partial charge in [-0.25, -0.2) is 0 Å². The molecule has 4 unspecified atom stereocenters. The maximum Gasteiger partial charge on any atom is 0.237 e. The van der Waals surface area contributed by atoms with Gasteiger partial charge in [0.25, 0.3) is 0 Å². The lowest BCUT2D eigenvalue weighted by Gasteiger charge is -2.42. The number of likely N-dealkylation sites (tertiary alicyclic amines) is 1. The number of nitrogens with two attached hydrogens (primary N) is 1. The van der Waals surface area contributed by atoms with Gasteiger partial charge in [-0.1, -0.05) is 6.42 Å². The molecule has 0 spiro atoms. The molecule has 0 aromatic carbocycles. The topological polar surface area (TPSA) is 58.4 Å². The predicted molar refractivity (Wildman–Crippen MR) is 75.7 cm³/mol. The summed E-state index contributed by atoms with van der Waals surface area (Å²) in [6, 6.07) is 1.35. The summed E-state index contributed by atoms with van der Waals surface area (Å²) in [5.41, 5.74) is 5.17. The van der Waals surface area contributed by atoms with E-state index in [2.05, 4.69) is 10.2 Å². The highest BCUT2D eigenvalue weighted by Crippen LogP contribution is 2.42. The molecular weight excluding hydrogens is 238 g/mol. The molecule has 4 atom stereocenters. The fraction of sp³-hybridized carbons (Fsp3) is 0.933. The SMILES string of the molecule is CNC1(C(N)=O)CCC(N2CCCC3CCCC32)C1. The van der Waals surface area contributed by atoms with Gasteiger partial charge in [0.1, 0.15) is 0 Å². The highest BCUT2D eigenvalue weighted by Gasteiger charge is 2.47. The van der Waals surface area contributed by atoms with E-state index >= 15 is 0 Å². The summed E-state index contributed by atoms with van der Waals surface area (Å²) in [4.78, 5) is 14.5. The van der Waals surface area contributed by atoms with Crippen molar-refractivity contribution in [3.8, 4) is 0 Å². The normalized spacial score (nSPS) is 43.3. The van der Waals surface area contributed by atoms with Crippen LogP contribution in [-0.2, 0) is 4.79 Å². The fourth-order valence-electron chi connectivity index (χ4n) is 4.82. The van der Waals surface area contributed by atoms with E-state index < -0.39 is 5.54 Å². The van der Waals surface area contributed by atoms with Gasteiger partial charge in [-0.15, -0.1) is 0 Å². The third kappa shape index (κ3) is 2.19. The Bertz CT molecular complexity index is 359. The number of carbonyl (C=O) groups excluding carboxylic acids is 1. The van der Waals surface area contributed by atoms with Crippen LogP contribution in [-0.4, -0.2) is 42.0 Å². The molecule has 2 saturated carbocycles. The van der Waals surface area contributed by atoms with Gasteiger partial charge in [-0.3, -0.25) is 9.69 Å². The molecule has 0 aromatic heterocycles. The van der Waals surface area contributed by atoms with Gasteiger partial charge >= 0.3 is 0 Å². The molecule has 3 aliphatic rings. The number of amides is 1. The zero-order valence-corrected chi connectivity index (χ0v) is 12.0. The summed E-state index contributed by atoms with van der Waals surface area (Å²) < 4.78 is 0. The summed E-state index contributed by atoms with van der Waals surface area (Å²) >= 11 is 0.